The summed E-state index contributed by atoms with van der Waals surface area (Å²) in [5.74, 6) is 0. The van der Waals surface area contributed by atoms with E-state index >= 15 is 0 Å². The third-order valence-electron chi connectivity index (χ3n) is 4.34. The molecule has 1 aromatic heterocycles. The van der Waals surface area contributed by atoms with Crippen LogP contribution in [0.2, 0.25) is 0 Å². The fourth-order valence-corrected chi connectivity index (χ4v) is 3.32. The van der Waals surface area contributed by atoms with Crippen molar-refractivity contribution in [3.63, 3.8) is 0 Å². The highest BCUT2D eigenvalue weighted by Gasteiger charge is 2.14. The van der Waals surface area contributed by atoms with Crippen molar-refractivity contribution in [3.05, 3.63) is 65.9 Å². The largest absolute Gasteiger partial charge is 0.311 e. The Balaban J connectivity index is 1.63. The van der Waals surface area contributed by atoms with E-state index in [9.17, 15) is 8.42 Å². The second-order valence-corrected chi connectivity index (χ2v) is 8.45. The molecule has 3 N–H and O–H groups in total. The van der Waals surface area contributed by atoms with Gasteiger partial charge in [0.15, 0.2) is 0 Å². The number of aromatic nitrogens is 3. The number of hydrogen-bond acceptors (Lipinski definition) is 5. The van der Waals surface area contributed by atoms with Crippen LogP contribution in [-0.2, 0) is 23.0 Å². The standard InChI is InChI=1S/C20H25N5O2S/c1-15(2)25-23-19(20(24-25)17-6-4-3-5-7-17)14-22-13-12-16-8-10-18(11-9-16)28(21,26)27/h3-11,15,22H,12-14H2,1-2H3,(H2,21,26,27). The first-order chi connectivity index (χ1) is 13.3. The smallest absolute Gasteiger partial charge is 0.238 e. The molecule has 0 aliphatic heterocycles. The quantitative estimate of drug-likeness (QED) is 0.567. The molecule has 8 heteroatoms. The molecular weight excluding hydrogens is 374 g/mol. The van der Waals surface area contributed by atoms with Crippen LogP contribution in [-0.4, -0.2) is 30.0 Å². The summed E-state index contributed by atoms with van der Waals surface area (Å²) in [6.07, 6.45) is 0.768. The molecule has 0 spiro atoms. The van der Waals surface area contributed by atoms with E-state index in [1.807, 2.05) is 30.3 Å². The molecule has 0 saturated heterocycles. The van der Waals surface area contributed by atoms with Crippen LogP contribution in [0.15, 0.2) is 59.5 Å². The van der Waals surface area contributed by atoms with Crippen molar-refractivity contribution in [3.8, 4) is 11.3 Å². The van der Waals surface area contributed by atoms with Gasteiger partial charge in [0.2, 0.25) is 10.0 Å². The number of nitrogens with one attached hydrogen (secondary N) is 1. The molecule has 0 amide bonds. The van der Waals surface area contributed by atoms with E-state index in [1.165, 1.54) is 12.1 Å². The average Bonchev–Trinajstić information content (AvgIpc) is 3.10. The van der Waals surface area contributed by atoms with Crippen LogP contribution in [0.25, 0.3) is 11.3 Å². The summed E-state index contributed by atoms with van der Waals surface area (Å²) in [5, 5.41) is 17.8. The molecular formula is C20H25N5O2S. The van der Waals surface area contributed by atoms with E-state index in [0.29, 0.717) is 6.54 Å². The van der Waals surface area contributed by atoms with E-state index in [0.717, 1.165) is 35.5 Å². The number of nitrogens with zero attached hydrogens (tertiary/aromatic N) is 3. The van der Waals surface area contributed by atoms with Gasteiger partial charge in [0.05, 0.1) is 10.9 Å². The third-order valence-corrected chi connectivity index (χ3v) is 5.27. The van der Waals surface area contributed by atoms with Crippen molar-refractivity contribution in [1.29, 1.82) is 0 Å². The first-order valence-corrected chi connectivity index (χ1v) is 10.7. The van der Waals surface area contributed by atoms with Crippen LogP contribution in [0.4, 0.5) is 0 Å². The lowest BCUT2D eigenvalue weighted by atomic mass is 10.1. The highest BCUT2D eigenvalue weighted by molar-refractivity contribution is 7.89. The third kappa shape index (κ3) is 5.03. The fraction of sp³-hybridized carbons (Fsp3) is 0.300. The van der Waals surface area contributed by atoms with Crippen molar-refractivity contribution in [2.75, 3.05) is 6.54 Å². The molecule has 28 heavy (non-hydrogen) atoms. The van der Waals surface area contributed by atoms with Crippen molar-refractivity contribution >= 4 is 10.0 Å². The summed E-state index contributed by atoms with van der Waals surface area (Å²) in [4.78, 5) is 1.87. The molecule has 0 bridgehead atoms. The van der Waals surface area contributed by atoms with Crippen LogP contribution >= 0.6 is 0 Å². The molecule has 148 valence electrons. The zero-order valence-corrected chi connectivity index (χ0v) is 16.9. The molecule has 0 atom stereocenters. The van der Waals surface area contributed by atoms with Gasteiger partial charge in [-0.15, -0.1) is 0 Å². The zero-order valence-electron chi connectivity index (χ0n) is 16.0. The monoisotopic (exact) mass is 399 g/mol. The molecule has 2 aromatic carbocycles. The van der Waals surface area contributed by atoms with Crippen LogP contribution in [0.3, 0.4) is 0 Å². The molecule has 0 aliphatic carbocycles. The van der Waals surface area contributed by atoms with E-state index < -0.39 is 10.0 Å². The summed E-state index contributed by atoms with van der Waals surface area (Å²) in [7, 11) is -3.65. The van der Waals surface area contributed by atoms with Crippen LogP contribution in [0.5, 0.6) is 0 Å². The number of benzene rings is 2. The minimum absolute atomic E-state index is 0.127. The van der Waals surface area contributed by atoms with Crippen molar-refractivity contribution in [2.45, 2.75) is 37.8 Å². The summed E-state index contributed by atoms with van der Waals surface area (Å²) < 4.78 is 22.6. The Morgan fingerprint density at radius 2 is 1.71 bits per heavy atom. The van der Waals surface area contributed by atoms with E-state index in [2.05, 4.69) is 29.4 Å². The van der Waals surface area contributed by atoms with Crippen molar-refractivity contribution < 1.29 is 8.42 Å². The van der Waals surface area contributed by atoms with E-state index in [1.54, 1.807) is 16.9 Å². The number of sulfonamides is 1. The first kappa shape index (κ1) is 20.2. The molecule has 0 aliphatic rings. The van der Waals surface area contributed by atoms with Gasteiger partial charge in [-0.3, -0.25) is 0 Å². The molecule has 0 radical (unpaired) electrons. The zero-order chi connectivity index (χ0) is 20.1. The highest BCUT2D eigenvalue weighted by atomic mass is 32.2. The topological polar surface area (TPSA) is 103 Å². The van der Waals surface area contributed by atoms with Crippen LogP contribution in [0.1, 0.15) is 31.1 Å². The number of hydrogen-bond donors (Lipinski definition) is 2. The molecule has 3 aromatic rings. The second-order valence-electron chi connectivity index (χ2n) is 6.89. The van der Waals surface area contributed by atoms with Crippen molar-refractivity contribution in [1.82, 2.24) is 20.3 Å². The summed E-state index contributed by atoms with van der Waals surface area (Å²) in [5.41, 5.74) is 3.88. The van der Waals surface area contributed by atoms with Crippen LogP contribution < -0.4 is 10.5 Å². The fourth-order valence-electron chi connectivity index (χ4n) is 2.81. The van der Waals surface area contributed by atoms with Gasteiger partial charge in [-0.25, -0.2) is 13.6 Å². The van der Waals surface area contributed by atoms with Gasteiger partial charge in [-0.2, -0.15) is 15.0 Å². The Bertz CT molecular complexity index is 1010. The second kappa shape index (κ2) is 8.64. The minimum Gasteiger partial charge on any atom is -0.311 e. The Morgan fingerprint density at radius 1 is 1.04 bits per heavy atom. The predicted molar refractivity (Wildman–Crippen MR) is 109 cm³/mol. The predicted octanol–water partition coefficient (Wildman–Crippen LogP) is 2.51. The lowest BCUT2D eigenvalue weighted by Gasteiger charge is -2.06. The Hall–Kier alpha value is -2.55. The van der Waals surface area contributed by atoms with E-state index in [-0.39, 0.29) is 10.9 Å². The highest BCUT2D eigenvalue weighted by Crippen LogP contribution is 2.21. The number of nitrogens with two attached hydrogens (primary N) is 1. The maximum atomic E-state index is 11.3. The van der Waals surface area contributed by atoms with Gasteiger partial charge in [0.25, 0.3) is 0 Å². The Labute approximate surface area is 165 Å². The SMILES string of the molecule is CC(C)n1nc(CNCCc2ccc(S(N)(=O)=O)cc2)c(-c2ccccc2)n1. The average molecular weight is 400 g/mol. The number of primary sulfonamides is 1. The normalized spacial score (nSPS) is 11.9. The first-order valence-electron chi connectivity index (χ1n) is 9.18. The molecule has 0 saturated carbocycles. The Kier molecular flexibility index (Phi) is 6.23. The van der Waals surface area contributed by atoms with Crippen molar-refractivity contribution in [2.24, 2.45) is 5.14 Å². The van der Waals surface area contributed by atoms with E-state index in [4.69, 9.17) is 5.14 Å². The molecule has 3 rings (SSSR count). The van der Waals surface area contributed by atoms with Crippen LogP contribution in [0, 0.1) is 0 Å². The molecule has 0 unspecified atom stereocenters. The maximum Gasteiger partial charge on any atom is 0.238 e. The Morgan fingerprint density at radius 3 is 2.32 bits per heavy atom. The number of rotatable bonds is 8. The maximum absolute atomic E-state index is 11.3. The summed E-state index contributed by atoms with van der Waals surface area (Å²) in [6.45, 7) is 5.44. The summed E-state index contributed by atoms with van der Waals surface area (Å²) >= 11 is 0. The molecule has 0 fully saturated rings. The van der Waals surface area contributed by atoms with Gasteiger partial charge < -0.3 is 5.32 Å². The summed E-state index contributed by atoms with van der Waals surface area (Å²) in [6, 6.07) is 16.9. The van der Waals surface area contributed by atoms with Gasteiger partial charge in [-0.05, 0) is 44.5 Å². The molecule has 7 nitrogen and oxygen atoms in total. The lowest BCUT2D eigenvalue weighted by molar-refractivity contribution is 0.462. The lowest BCUT2D eigenvalue weighted by Crippen LogP contribution is -2.18. The van der Waals surface area contributed by atoms with Gasteiger partial charge in [0.1, 0.15) is 11.4 Å². The van der Waals surface area contributed by atoms with Gasteiger partial charge >= 0.3 is 0 Å². The minimum atomic E-state index is -3.65. The molecule has 1 heterocycles. The van der Waals surface area contributed by atoms with Gasteiger partial charge in [-0.1, -0.05) is 42.5 Å². The van der Waals surface area contributed by atoms with Gasteiger partial charge in [0, 0.05) is 12.1 Å².